The molecule has 1 saturated heterocycles. The topological polar surface area (TPSA) is 41.1 Å². The first-order chi connectivity index (χ1) is 5.24. The summed E-state index contributed by atoms with van der Waals surface area (Å²) in [4.78, 5) is 10.7. The van der Waals surface area contributed by atoms with Gasteiger partial charge >= 0.3 is 0 Å². The number of amides is 1. The largest absolute Gasteiger partial charge is 0.352 e. The minimum absolute atomic E-state index is 0.0807. The molecule has 1 rings (SSSR count). The standard InChI is InChI=1S/C8H16N2O/c1-3-7-4-9-5-8(7)10-6(2)11/h7-9H,3-5H2,1-2H3,(H,10,11). The van der Waals surface area contributed by atoms with Crippen LogP contribution < -0.4 is 10.6 Å². The van der Waals surface area contributed by atoms with Crippen molar-refractivity contribution in [3.63, 3.8) is 0 Å². The lowest BCUT2D eigenvalue weighted by molar-refractivity contribution is -0.119. The third-order valence-corrected chi connectivity index (χ3v) is 2.25. The van der Waals surface area contributed by atoms with E-state index in [-0.39, 0.29) is 5.91 Å². The molecule has 1 aliphatic heterocycles. The van der Waals surface area contributed by atoms with Gasteiger partial charge in [-0.3, -0.25) is 4.79 Å². The van der Waals surface area contributed by atoms with Gasteiger partial charge in [0.05, 0.1) is 0 Å². The summed E-state index contributed by atoms with van der Waals surface area (Å²) in [7, 11) is 0. The van der Waals surface area contributed by atoms with E-state index in [0.717, 1.165) is 19.5 Å². The molecule has 1 heterocycles. The maximum Gasteiger partial charge on any atom is 0.217 e. The minimum atomic E-state index is 0.0807. The molecule has 64 valence electrons. The molecule has 2 unspecified atom stereocenters. The van der Waals surface area contributed by atoms with Crippen LogP contribution >= 0.6 is 0 Å². The Labute approximate surface area is 67.5 Å². The Bertz CT molecular complexity index is 147. The first-order valence-electron chi connectivity index (χ1n) is 4.22. The Morgan fingerprint density at radius 2 is 2.36 bits per heavy atom. The highest BCUT2D eigenvalue weighted by Crippen LogP contribution is 2.12. The van der Waals surface area contributed by atoms with E-state index in [0.29, 0.717) is 12.0 Å². The van der Waals surface area contributed by atoms with Gasteiger partial charge in [-0.25, -0.2) is 0 Å². The lowest BCUT2D eigenvalue weighted by Crippen LogP contribution is -2.38. The molecular formula is C8H16N2O. The molecule has 0 aromatic rings. The van der Waals surface area contributed by atoms with Crippen molar-refractivity contribution < 1.29 is 4.79 Å². The summed E-state index contributed by atoms with van der Waals surface area (Å²) in [5.74, 6) is 0.705. The summed E-state index contributed by atoms with van der Waals surface area (Å²) in [6.45, 7) is 5.71. The van der Waals surface area contributed by atoms with Gasteiger partial charge in [0.15, 0.2) is 0 Å². The van der Waals surface area contributed by atoms with Crippen LogP contribution in [-0.2, 0) is 4.79 Å². The van der Waals surface area contributed by atoms with Crippen molar-refractivity contribution in [3.8, 4) is 0 Å². The number of carbonyl (C=O) groups excluding carboxylic acids is 1. The molecule has 3 nitrogen and oxygen atoms in total. The molecule has 0 aliphatic carbocycles. The highest BCUT2D eigenvalue weighted by Gasteiger charge is 2.25. The quantitative estimate of drug-likeness (QED) is 0.596. The first-order valence-corrected chi connectivity index (χ1v) is 4.22. The van der Waals surface area contributed by atoms with Crippen molar-refractivity contribution in [1.29, 1.82) is 0 Å². The molecule has 11 heavy (non-hydrogen) atoms. The summed E-state index contributed by atoms with van der Waals surface area (Å²) in [5, 5.41) is 6.21. The van der Waals surface area contributed by atoms with Gasteiger partial charge in [-0.2, -0.15) is 0 Å². The molecule has 1 amide bonds. The van der Waals surface area contributed by atoms with Gasteiger partial charge in [-0.15, -0.1) is 0 Å². The molecule has 0 aromatic carbocycles. The Morgan fingerprint density at radius 3 is 2.91 bits per heavy atom. The van der Waals surface area contributed by atoms with Crippen LogP contribution in [0, 0.1) is 5.92 Å². The number of hydrogen-bond donors (Lipinski definition) is 2. The second-order valence-electron chi connectivity index (χ2n) is 3.13. The van der Waals surface area contributed by atoms with Crippen LogP contribution in [0.15, 0.2) is 0 Å². The Balaban J connectivity index is 2.37. The van der Waals surface area contributed by atoms with Crippen molar-refractivity contribution in [2.24, 2.45) is 5.92 Å². The molecule has 3 heteroatoms. The van der Waals surface area contributed by atoms with Crippen molar-refractivity contribution in [3.05, 3.63) is 0 Å². The lowest BCUT2D eigenvalue weighted by Gasteiger charge is -2.16. The van der Waals surface area contributed by atoms with Crippen LogP contribution in [0.25, 0.3) is 0 Å². The number of rotatable bonds is 2. The van der Waals surface area contributed by atoms with Crippen LogP contribution in [-0.4, -0.2) is 25.0 Å². The summed E-state index contributed by atoms with van der Waals surface area (Å²) < 4.78 is 0. The van der Waals surface area contributed by atoms with Crippen molar-refractivity contribution in [1.82, 2.24) is 10.6 Å². The highest BCUT2D eigenvalue weighted by atomic mass is 16.1. The van der Waals surface area contributed by atoms with Crippen molar-refractivity contribution in [2.45, 2.75) is 26.3 Å². The molecule has 0 saturated carbocycles. The molecule has 0 bridgehead atoms. The second-order valence-corrected chi connectivity index (χ2v) is 3.13. The van der Waals surface area contributed by atoms with Gasteiger partial charge in [-0.05, 0) is 5.92 Å². The first kappa shape index (κ1) is 8.53. The third kappa shape index (κ3) is 2.19. The van der Waals surface area contributed by atoms with E-state index in [1.807, 2.05) is 0 Å². The molecule has 2 atom stereocenters. The maximum atomic E-state index is 10.7. The highest BCUT2D eigenvalue weighted by molar-refractivity contribution is 5.73. The van der Waals surface area contributed by atoms with Crippen LogP contribution in [0.1, 0.15) is 20.3 Å². The molecule has 0 aromatic heterocycles. The van der Waals surface area contributed by atoms with Crippen molar-refractivity contribution >= 4 is 5.91 Å². The number of carbonyl (C=O) groups is 1. The summed E-state index contributed by atoms with van der Waals surface area (Å²) in [5.41, 5.74) is 0. The lowest BCUT2D eigenvalue weighted by atomic mass is 10.0. The number of hydrogen-bond acceptors (Lipinski definition) is 2. The van der Waals surface area contributed by atoms with E-state index < -0.39 is 0 Å². The van der Waals surface area contributed by atoms with Gasteiger partial charge in [0.1, 0.15) is 0 Å². The van der Waals surface area contributed by atoms with Gasteiger partial charge in [0, 0.05) is 26.1 Å². The zero-order chi connectivity index (χ0) is 8.27. The molecule has 0 radical (unpaired) electrons. The normalized spacial score (nSPS) is 30.4. The van der Waals surface area contributed by atoms with E-state index in [4.69, 9.17) is 0 Å². The molecular weight excluding hydrogens is 140 g/mol. The Morgan fingerprint density at radius 1 is 1.64 bits per heavy atom. The van der Waals surface area contributed by atoms with Gasteiger partial charge in [-0.1, -0.05) is 13.3 Å². The zero-order valence-electron chi connectivity index (χ0n) is 7.18. The average molecular weight is 156 g/mol. The van der Waals surface area contributed by atoms with E-state index in [1.54, 1.807) is 6.92 Å². The van der Waals surface area contributed by atoms with E-state index in [9.17, 15) is 4.79 Å². The second kappa shape index (κ2) is 3.72. The van der Waals surface area contributed by atoms with E-state index in [2.05, 4.69) is 17.6 Å². The van der Waals surface area contributed by atoms with Crippen LogP contribution in [0.5, 0.6) is 0 Å². The van der Waals surface area contributed by atoms with Gasteiger partial charge < -0.3 is 10.6 Å². The fraction of sp³-hybridized carbons (Fsp3) is 0.875. The molecule has 1 aliphatic rings. The van der Waals surface area contributed by atoms with Crippen LogP contribution in [0.3, 0.4) is 0 Å². The molecule has 1 fully saturated rings. The number of nitrogens with one attached hydrogen (secondary N) is 2. The fourth-order valence-electron chi connectivity index (χ4n) is 1.59. The molecule has 2 N–H and O–H groups in total. The van der Waals surface area contributed by atoms with Crippen LogP contribution in [0.4, 0.5) is 0 Å². The summed E-state index contributed by atoms with van der Waals surface area (Å²) >= 11 is 0. The Kier molecular flexibility index (Phi) is 2.88. The zero-order valence-corrected chi connectivity index (χ0v) is 7.18. The maximum absolute atomic E-state index is 10.7. The summed E-state index contributed by atoms with van der Waals surface area (Å²) in [6, 6.07) is 0.359. The monoisotopic (exact) mass is 156 g/mol. The van der Waals surface area contributed by atoms with Gasteiger partial charge in [0.2, 0.25) is 5.91 Å². The fourth-order valence-corrected chi connectivity index (χ4v) is 1.59. The minimum Gasteiger partial charge on any atom is -0.352 e. The Hall–Kier alpha value is -0.570. The smallest absolute Gasteiger partial charge is 0.217 e. The van der Waals surface area contributed by atoms with Gasteiger partial charge in [0.25, 0.3) is 0 Å². The average Bonchev–Trinajstić information content (AvgIpc) is 2.34. The van der Waals surface area contributed by atoms with Crippen LogP contribution in [0.2, 0.25) is 0 Å². The SMILES string of the molecule is CCC1CNCC1NC(C)=O. The predicted molar refractivity (Wildman–Crippen MR) is 44.3 cm³/mol. The predicted octanol–water partition coefficient (Wildman–Crippen LogP) is 0.120. The third-order valence-electron chi connectivity index (χ3n) is 2.25. The molecule has 0 spiro atoms. The summed E-state index contributed by atoms with van der Waals surface area (Å²) in [6.07, 6.45) is 1.14. The van der Waals surface area contributed by atoms with Crippen molar-refractivity contribution in [2.75, 3.05) is 13.1 Å². The van der Waals surface area contributed by atoms with E-state index in [1.165, 1.54) is 0 Å². The van der Waals surface area contributed by atoms with E-state index >= 15 is 0 Å².